The molecule has 0 heterocycles. The van der Waals surface area contributed by atoms with E-state index >= 15 is 0 Å². The van der Waals surface area contributed by atoms with Gasteiger partial charge in [0.1, 0.15) is 5.60 Å². The molecule has 0 bridgehead atoms. The third-order valence-corrected chi connectivity index (χ3v) is 8.67. The van der Waals surface area contributed by atoms with Crippen LogP contribution < -0.4 is 0 Å². The van der Waals surface area contributed by atoms with Gasteiger partial charge in [0.15, 0.2) is 0 Å². The molecule has 3 fully saturated rings. The lowest BCUT2D eigenvalue weighted by molar-refractivity contribution is -0.153. The highest BCUT2D eigenvalue weighted by molar-refractivity contribution is 5.96. The van der Waals surface area contributed by atoms with E-state index < -0.39 is 29.7 Å². The molecular weight excluding hydrogens is 370 g/mol. The molecule has 4 aliphatic carbocycles. The summed E-state index contributed by atoms with van der Waals surface area (Å²) in [5.41, 5.74) is 0.359. The van der Waals surface area contributed by atoms with Gasteiger partial charge in [-0.3, -0.25) is 0 Å². The normalized spacial score (nSPS) is 47.4. The van der Waals surface area contributed by atoms with Crippen molar-refractivity contribution in [3.8, 4) is 12.3 Å². The highest BCUT2D eigenvalue weighted by atomic mass is 16.6. The van der Waals surface area contributed by atoms with E-state index in [0.29, 0.717) is 31.1 Å². The highest BCUT2D eigenvalue weighted by Gasteiger charge is 2.66. The van der Waals surface area contributed by atoms with Crippen molar-refractivity contribution in [2.75, 3.05) is 6.61 Å². The topological polar surface area (TPSA) is 99.4 Å². The van der Waals surface area contributed by atoms with Crippen LogP contribution in [0.3, 0.4) is 0 Å². The molecular formula is C23H31NO5. The lowest BCUT2D eigenvalue weighted by atomic mass is 9.45. The van der Waals surface area contributed by atoms with Crippen molar-refractivity contribution in [1.29, 1.82) is 0 Å². The number of allylic oxidation sites excluding steroid dienone is 2. The number of fused-ring (bicyclic) bond motifs is 5. The van der Waals surface area contributed by atoms with Crippen molar-refractivity contribution in [1.82, 2.24) is 0 Å². The number of rotatable bonds is 3. The van der Waals surface area contributed by atoms with Gasteiger partial charge in [0.25, 0.3) is 0 Å². The first-order valence-corrected chi connectivity index (χ1v) is 10.6. The Hall–Kier alpha value is -1.84. The third-order valence-electron chi connectivity index (χ3n) is 8.67. The van der Waals surface area contributed by atoms with Crippen LogP contribution in [0.15, 0.2) is 16.8 Å². The van der Waals surface area contributed by atoms with E-state index in [9.17, 15) is 15.0 Å². The number of aliphatic carboxylic acids is 1. The largest absolute Gasteiger partial charge is 0.479 e. The van der Waals surface area contributed by atoms with Gasteiger partial charge in [0.2, 0.25) is 6.61 Å². The fraction of sp³-hybridized carbons (Fsp3) is 0.739. The molecule has 29 heavy (non-hydrogen) atoms. The summed E-state index contributed by atoms with van der Waals surface area (Å²) in [5, 5.41) is 35.1. The van der Waals surface area contributed by atoms with Crippen LogP contribution in [0.25, 0.3) is 0 Å². The van der Waals surface area contributed by atoms with Crippen molar-refractivity contribution >= 4 is 11.7 Å². The molecule has 0 radical (unpaired) electrons. The van der Waals surface area contributed by atoms with Crippen LogP contribution in [0.4, 0.5) is 0 Å². The minimum Gasteiger partial charge on any atom is -0.479 e. The summed E-state index contributed by atoms with van der Waals surface area (Å²) in [7, 11) is 0. The van der Waals surface area contributed by atoms with Crippen molar-refractivity contribution in [2.24, 2.45) is 33.7 Å². The van der Waals surface area contributed by atoms with Crippen molar-refractivity contribution in [3.05, 3.63) is 11.6 Å². The molecule has 0 saturated heterocycles. The monoisotopic (exact) mass is 401 g/mol. The van der Waals surface area contributed by atoms with Crippen LogP contribution in [-0.4, -0.2) is 45.3 Å². The summed E-state index contributed by atoms with van der Waals surface area (Å²) >= 11 is 0. The van der Waals surface area contributed by atoms with Crippen molar-refractivity contribution in [3.63, 3.8) is 0 Å². The fourth-order valence-corrected chi connectivity index (χ4v) is 7.18. The second-order valence-corrected chi connectivity index (χ2v) is 9.90. The molecule has 7 atom stereocenters. The second kappa shape index (κ2) is 6.85. The number of aliphatic hydroxyl groups is 2. The number of hydrogen-bond acceptors (Lipinski definition) is 5. The predicted octanol–water partition coefficient (Wildman–Crippen LogP) is 2.74. The minimum absolute atomic E-state index is 0.119. The van der Waals surface area contributed by atoms with Gasteiger partial charge in [-0.05, 0) is 74.2 Å². The van der Waals surface area contributed by atoms with Crippen molar-refractivity contribution < 1.29 is 25.0 Å². The van der Waals surface area contributed by atoms with Crippen LogP contribution >= 0.6 is 0 Å². The smallest absolute Gasteiger partial charge is 0.344 e. The van der Waals surface area contributed by atoms with E-state index in [1.807, 2.05) is 0 Å². The summed E-state index contributed by atoms with van der Waals surface area (Å²) < 4.78 is 0. The second-order valence-electron chi connectivity index (χ2n) is 9.90. The molecule has 4 aliphatic rings. The van der Waals surface area contributed by atoms with Gasteiger partial charge in [0.05, 0.1) is 11.8 Å². The molecule has 7 unspecified atom stereocenters. The maximum Gasteiger partial charge on any atom is 0.344 e. The van der Waals surface area contributed by atoms with Gasteiger partial charge in [-0.25, -0.2) is 4.79 Å². The molecule has 158 valence electrons. The fourth-order valence-electron chi connectivity index (χ4n) is 7.18. The van der Waals surface area contributed by atoms with Crippen LogP contribution in [0.5, 0.6) is 0 Å². The lowest BCUT2D eigenvalue weighted by Crippen LogP contribution is -2.59. The van der Waals surface area contributed by atoms with Crippen LogP contribution in [0, 0.1) is 40.9 Å². The van der Waals surface area contributed by atoms with Gasteiger partial charge in [-0.2, -0.15) is 0 Å². The number of oxime groups is 1. The van der Waals surface area contributed by atoms with E-state index in [2.05, 4.69) is 31.0 Å². The average Bonchev–Trinajstić information content (AvgIpc) is 2.92. The molecule has 0 aromatic carbocycles. The molecule has 0 spiro atoms. The summed E-state index contributed by atoms with van der Waals surface area (Å²) in [4.78, 5) is 15.6. The molecule has 0 aliphatic heterocycles. The standard InChI is InChI=1S/C23H31NO5/c1-4-23(28)10-8-17-16-6-5-14-11-15(24-29-13-19(26)27)7-9-21(14,2)20(16)18(25)12-22(17,23)3/h1,11,16-18,20,25,28H,5-10,12-13H2,2-3H3,(H,26,27). The van der Waals surface area contributed by atoms with E-state index in [1.54, 1.807) is 0 Å². The first-order chi connectivity index (χ1) is 13.6. The molecule has 0 aromatic heterocycles. The third kappa shape index (κ3) is 2.93. The molecule has 0 amide bonds. The number of hydrogen-bond donors (Lipinski definition) is 3. The lowest BCUT2D eigenvalue weighted by Gasteiger charge is -2.60. The Morgan fingerprint density at radius 2 is 2.10 bits per heavy atom. The molecule has 0 aromatic rings. The van der Waals surface area contributed by atoms with E-state index in [-0.39, 0.29) is 11.3 Å². The molecule has 6 heteroatoms. The Morgan fingerprint density at radius 1 is 1.34 bits per heavy atom. The maximum absolute atomic E-state index is 11.3. The Morgan fingerprint density at radius 3 is 2.79 bits per heavy atom. The Bertz CT molecular complexity index is 813. The number of carboxylic acids is 1. The summed E-state index contributed by atoms with van der Waals surface area (Å²) in [6, 6.07) is 0. The van der Waals surface area contributed by atoms with Gasteiger partial charge < -0.3 is 20.2 Å². The minimum atomic E-state index is -1.13. The van der Waals surface area contributed by atoms with E-state index in [1.165, 1.54) is 5.57 Å². The van der Waals surface area contributed by atoms with Gasteiger partial charge in [-0.1, -0.05) is 30.5 Å². The zero-order valence-electron chi connectivity index (χ0n) is 17.2. The number of aliphatic hydroxyl groups excluding tert-OH is 1. The first-order valence-electron chi connectivity index (χ1n) is 10.6. The SMILES string of the molecule is C#CC1(O)CCC2C3CCC4=CC(=NOCC(=O)O)CCC4(C)C3C(O)CC21C. The number of nitrogens with zero attached hydrogens (tertiary/aromatic N) is 1. The Kier molecular flexibility index (Phi) is 4.83. The quantitative estimate of drug-likeness (QED) is 0.499. The number of terminal acetylenes is 1. The van der Waals surface area contributed by atoms with E-state index in [0.717, 1.165) is 31.4 Å². The zero-order valence-corrected chi connectivity index (χ0v) is 17.2. The number of carbonyl (C=O) groups is 1. The van der Waals surface area contributed by atoms with Gasteiger partial charge in [-0.15, -0.1) is 6.42 Å². The molecule has 4 rings (SSSR count). The van der Waals surface area contributed by atoms with Crippen LogP contribution in [0.1, 0.15) is 58.8 Å². The van der Waals surface area contributed by atoms with Gasteiger partial charge >= 0.3 is 5.97 Å². The summed E-state index contributed by atoms with van der Waals surface area (Å²) in [6.07, 6.45) is 12.8. The number of carboxylic acid groups (broad SMARTS) is 1. The summed E-state index contributed by atoms with van der Waals surface area (Å²) in [6.45, 7) is 3.88. The van der Waals surface area contributed by atoms with Crippen LogP contribution in [0.2, 0.25) is 0 Å². The highest BCUT2D eigenvalue weighted by Crippen LogP contribution is 2.67. The van der Waals surface area contributed by atoms with Crippen molar-refractivity contribution in [2.45, 2.75) is 70.5 Å². The maximum atomic E-state index is 11.3. The summed E-state index contributed by atoms with van der Waals surface area (Å²) in [5.74, 6) is 2.42. The average molecular weight is 402 g/mol. The van der Waals surface area contributed by atoms with E-state index in [4.69, 9.17) is 16.4 Å². The predicted molar refractivity (Wildman–Crippen MR) is 108 cm³/mol. The molecule has 3 saturated carbocycles. The Balaban J connectivity index is 1.62. The molecule has 6 nitrogen and oxygen atoms in total. The van der Waals surface area contributed by atoms with Crippen LogP contribution in [-0.2, 0) is 9.63 Å². The Labute approximate surface area is 172 Å². The molecule has 3 N–H and O–H groups in total. The zero-order chi connectivity index (χ0) is 21.0. The first kappa shape index (κ1) is 20.4. The van der Waals surface area contributed by atoms with Gasteiger partial charge in [0, 0.05) is 5.41 Å².